The lowest BCUT2D eigenvalue weighted by molar-refractivity contribution is 0.630. The summed E-state index contributed by atoms with van der Waals surface area (Å²) in [5.41, 5.74) is 6.56. The second kappa shape index (κ2) is 7.44. The lowest BCUT2D eigenvalue weighted by atomic mass is 10.0. The molecule has 5 rings (SSSR count). The van der Waals surface area contributed by atoms with Gasteiger partial charge in [0.15, 0.2) is 5.82 Å². The maximum absolute atomic E-state index is 13.8. The van der Waals surface area contributed by atoms with Crippen molar-refractivity contribution >= 4 is 22.4 Å². The molecule has 0 unspecified atom stereocenters. The molecular formula is C25H19FN4. The van der Waals surface area contributed by atoms with Crippen molar-refractivity contribution in [2.45, 2.75) is 6.92 Å². The summed E-state index contributed by atoms with van der Waals surface area (Å²) in [6.45, 7) is 2.07. The van der Waals surface area contributed by atoms with Gasteiger partial charge in [-0.05, 0) is 42.8 Å². The summed E-state index contributed by atoms with van der Waals surface area (Å²) in [5, 5.41) is 11.3. The van der Waals surface area contributed by atoms with Gasteiger partial charge in [-0.3, -0.25) is 5.10 Å². The summed E-state index contributed by atoms with van der Waals surface area (Å²) < 4.78 is 13.8. The van der Waals surface area contributed by atoms with E-state index in [1.807, 2.05) is 54.6 Å². The van der Waals surface area contributed by atoms with Crippen LogP contribution in [0.25, 0.3) is 33.4 Å². The zero-order valence-electron chi connectivity index (χ0n) is 16.4. The van der Waals surface area contributed by atoms with Crippen molar-refractivity contribution in [3.8, 4) is 22.5 Å². The van der Waals surface area contributed by atoms with Gasteiger partial charge in [-0.15, -0.1) is 0 Å². The fourth-order valence-corrected chi connectivity index (χ4v) is 3.58. The fourth-order valence-electron chi connectivity index (χ4n) is 3.58. The van der Waals surface area contributed by atoms with E-state index in [0.29, 0.717) is 11.2 Å². The predicted molar refractivity (Wildman–Crippen MR) is 119 cm³/mol. The van der Waals surface area contributed by atoms with Crippen molar-refractivity contribution in [2.24, 2.45) is 0 Å². The number of pyridine rings is 1. The first kappa shape index (κ1) is 18.1. The molecule has 0 aliphatic rings. The van der Waals surface area contributed by atoms with Gasteiger partial charge in [0.25, 0.3) is 0 Å². The Balaban J connectivity index is 1.64. The highest BCUT2D eigenvalue weighted by Gasteiger charge is 2.12. The predicted octanol–water partition coefficient (Wildman–Crippen LogP) is 6.48. The zero-order chi connectivity index (χ0) is 20.5. The minimum atomic E-state index is -0.299. The third-order valence-corrected chi connectivity index (χ3v) is 5.10. The molecule has 3 aromatic carbocycles. The molecule has 0 radical (unpaired) electrons. The van der Waals surface area contributed by atoms with Gasteiger partial charge in [-0.25, -0.2) is 9.37 Å². The third kappa shape index (κ3) is 3.42. The second-order valence-electron chi connectivity index (χ2n) is 7.19. The van der Waals surface area contributed by atoms with Gasteiger partial charge in [0.05, 0.1) is 16.9 Å². The van der Waals surface area contributed by atoms with Gasteiger partial charge in [0.2, 0.25) is 0 Å². The number of H-pyrrole nitrogens is 1. The van der Waals surface area contributed by atoms with Crippen LogP contribution in [0.15, 0.2) is 84.9 Å². The molecule has 0 saturated carbocycles. The van der Waals surface area contributed by atoms with Gasteiger partial charge >= 0.3 is 0 Å². The Labute approximate surface area is 173 Å². The van der Waals surface area contributed by atoms with E-state index >= 15 is 0 Å². The first-order chi connectivity index (χ1) is 14.7. The Morgan fingerprint density at radius 2 is 1.60 bits per heavy atom. The van der Waals surface area contributed by atoms with Crippen LogP contribution in [0.4, 0.5) is 15.9 Å². The van der Waals surface area contributed by atoms with Crippen LogP contribution in [0, 0.1) is 12.7 Å². The first-order valence-electron chi connectivity index (χ1n) is 9.71. The zero-order valence-corrected chi connectivity index (χ0v) is 16.4. The molecule has 2 aromatic heterocycles. The summed E-state index contributed by atoms with van der Waals surface area (Å²) in [5.74, 6) is 0.276. The number of anilines is 2. The number of nitrogens with one attached hydrogen (secondary N) is 2. The van der Waals surface area contributed by atoms with Crippen LogP contribution in [0.1, 0.15) is 5.56 Å². The molecule has 4 nitrogen and oxygen atoms in total. The Kier molecular flexibility index (Phi) is 4.48. The van der Waals surface area contributed by atoms with Crippen LogP contribution in [0.5, 0.6) is 0 Å². The largest absolute Gasteiger partial charge is 0.338 e. The Hall–Kier alpha value is -3.99. The van der Waals surface area contributed by atoms with Crippen molar-refractivity contribution in [1.29, 1.82) is 0 Å². The Morgan fingerprint density at radius 1 is 0.833 bits per heavy atom. The average molecular weight is 394 g/mol. The number of nitrogens with zero attached hydrogens (tertiary/aromatic N) is 2. The molecule has 2 heterocycles. The van der Waals surface area contributed by atoms with Gasteiger partial charge < -0.3 is 5.32 Å². The molecular weight excluding hydrogens is 375 g/mol. The molecule has 0 aliphatic carbocycles. The van der Waals surface area contributed by atoms with E-state index in [1.54, 1.807) is 6.07 Å². The summed E-state index contributed by atoms with van der Waals surface area (Å²) in [4.78, 5) is 4.91. The van der Waals surface area contributed by atoms with E-state index in [2.05, 4.69) is 34.6 Å². The minimum Gasteiger partial charge on any atom is -0.338 e. The molecule has 146 valence electrons. The van der Waals surface area contributed by atoms with Gasteiger partial charge in [-0.2, -0.15) is 5.10 Å². The second-order valence-corrected chi connectivity index (χ2v) is 7.19. The number of aromatic nitrogens is 3. The van der Waals surface area contributed by atoms with E-state index in [1.165, 1.54) is 12.1 Å². The van der Waals surface area contributed by atoms with Crippen LogP contribution in [0.2, 0.25) is 0 Å². The van der Waals surface area contributed by atoms with Gasteiger partial charge in [0.1, 0.15) is 5.82 Å². The highest BCUT2D eigenvalue weighted by Crippen LogP contribution is 2.31. The maximum atomic E-state index is 13.8. The van der Waals surface area contributed by atoms with Crippen LogP contribution < -0.4 is 5.32 Å². The van der Waals surface area contributed by atoms with E-state index in [9.17, 15) is 4.39 Å². The molecule has 0 atom stereocenters. The van der Waals surface area contributed by atoms with E-state index in [4.69, 9.17) is 4.98 Å². The number of fused-ring (bicyclic) bond motifs is 1. The molecule has 2 N–H and O–H groups in total. The summed E-state index contributed by atoms with van der Waals surface area (Å²) in [7, 11) is 0. The number of hydrogen-bond donors (Lipinski definition) is 2. The van der Waals surface area contributed by atoms with Crippen LogP contribution in [0.3, 0.4) is 0 Å². The van der Waals surface area contributed by atoms with Crippen LogP contribution in [-0.4, -0.2) is 15.2 Å². The molecule has 5 aromatic rings. The van der Waals surface area contributed by atoms with Crippen molar-refractivity contribution < 1.29 is 4.39 Å². The summed E-state index contributed by atoms with van der Waals surface area (Å²) >= 11 is 0. The summed E-state index contributed by atoms with van der Waals surface area (Å²) in [6, 6.07) is 26.8. The highest BCUT2D eigenvalue weighted by molar-refractivity contribution is 5.92. The van der Waals surface area contributed by atoms with Crippen molar-refractivity contribution in [3.05, 3.63) is 96.3 Å². The first-order valence-corrected chi connectivity index (χ1v) is 9.71. The minimum absolute atomic E-state index is 0.299. The number of aromatic amines is 1. The maximum Gasteiger partial charge on any atom is 0.160 e. The van der Waals surface area contributed by atoms with E-state index in [0.717, 1.165) is 39.3 Å². The lowest BCUT2D eigenvalue weighted by Crippen LogP contribution is -1.97. The lowest BCUT2D eigenvalue weighted by Gasteiger charge is -2.12. The number of halogens is 1. The van der Waals surface area contributed by atoms with Crippen LogP contribution >= 0.6 is 0 Å². The molecule has 5 heteroatoms. The van der Waals surface area contributed by atoms with Crippen molar-refractivity contribution in [2.75, 3.05) is 5.32 Å². The average Bonchev–Trinajstić information content (AvgIpc) is 3.16. The van der Waals surface area contributed by atoms with Crippen molar-refractivity contribution in [3.63, 3.8) is 0 Å². The van der Waals surface area contributed by atoms with E-state index < -0.39 is 0 Å². The molecule has 0 saturated heterocycles. The molecule has 0 fully saturated rings. The molecule has 0 amide bonds. The number of hydrogen-bond acceptors (Lipinski definition) is 3. The molecule has 0 aliphatic heterocycles. The molecule has 30 heavy (non-hydrogen) atoms. The fraction of sp³-hybridized carbons (Fsp3) is 0.0400. The quantitative estimate of drug-likeness (QED) is 0.367. The summed E-state index contributed by atoms with van der Waals surface area (Å²) in [6.07, 6.45) is 0. The standard InChI is InChI=1S/C25H19FN4/c1-16-7-5-6-10-20(16)24-15-19(14-23(28-24)17-8-3-2-4-9-17)27-25-21-13-18(26)11-12-22(21)29-30-25/h2-15H,1H3,(H2,27,28,29,30). The van der Waals surface area contributed by atoms with Gasteiger partial charge in [-0.1, -0.05) is 54.6 Å². The van der Waals surface area contributed by atoms with Crippen LogP contribution in [-0.2, 0) is 0 Å². The number of aryl methyl sites for hydroxylation is 1. The normalized spacial score (nSPS) is 11.0. The Morgan fingerprint density at radius 3 is 2.43 bits per heavy atom. The third-order valence-electron chi connectivity index (χ3n) is 5.10. The smallest absolute Gasteiger partial charge is 0.160 e. The number of rotatable bonds is 4. The SMILES string of the molecule is Cc1ccccc1-c1cc(Nc2n[nH]c3ccc(F)cc23)cc(-c2ccccc2)n1. The monoisotopic (exact) mass is 394 g/mol. The molecule has 0 spiro atoms. The van der Waals surface area contributed by atoms with Gasteiger partial charge in [0, 0.05) is 22.2 Å². The highest BCUT2D eigenvalue weighted by atomic mass is 19.1. The number of benzene rings is 3. The molecule has 0 bridgehead atoms. The topological polar surface area (TPSA) is 53.6 Å². The van der Waals surface area contributed by atoms with Crippen molar-refractivity contribution in [1.82, 2.24) is 15.2 Å². The van der Waals surface area contributed by atoms with E-state index in [-0.39, 0.29) is 5.82 Å². The Bertz CT molecular complexity index is 1340.